The van der Waals surface area contributed by atoms with E-state index in [0.717, 1.165) is 22.3 Å². The van der Waals surface area contributed by atoms with Gasteiger partial charge in [-0.3, -0.25) is 14.4 Å². The zero-order valence-corrected chi connectivity index (χ0v) is 23.5. The first-order valence-corrected chi connectivity index (χ1v) is 13.2. The first-order chi connectivity index (χ1) is 19.5. The van der Waals surface area contributed by atoms with Gasteiger partial charge >= 0.3 is 6.18 Å². The molecule has 0 saturated heterocycles. The summed E-state index contributed by atoms with van der Waals surface area (Å²) in [6, 6.07) is 20.1. The molecule has 0 spiro atoms. The second kappa shape index (κ2) is 16.9. The Bertz CT molecular complexity index is 1300. The topological polar surface area (TPSA) is 104 Å². The van der Waals surface area contributed by atoms with Gasteiger partial charge in [-0.1, -0.05) is 48.0 Å². The largest absolute Gasteiger partial charge is 0.497 e. The van der Waals surface area contributed by atoms with Crippen molar-refractivity contribution in [3.8, 4) is 5.75 Å². The number of ether oxygens (including phenoxy) is 1. The second-order valence-electron chi connectivity index (χ2n) is 9.38. The number of nitrogens with one attached hydrogen (secondary N) is 3. The van der Waals surface area contributed by atoms with Crippen LogP contribution in [0.25, 0.3) is 0 Å². The number of carbonyl (C=O) groups excluding carboxylic acids is 2. The number of aromatic nitrogens is 1. The van der Waals surface area contributed by atoms with Gasteiger partial charge < -0.3 is 25.3 Å². The minimum Gasteiger partial charge on any atom is -0.497 e. The molecule has 1 aromatic heterocycles. The predicted octanol–water partition coefficient (Wildman–Crippen LogP) is 4.70. The molecule has 1 heterocycles. The average Bonchev–Trinajstić information content (AvgIpc) is 2.94. The van der Waals surface area contributed by atoms with Crippen LogP contribution in [0.5, 0.6) is 5.75 Å². The molecule has 0 unspecified atom stereocenters. The van der Waals surface area contributed by atoms with Crippen LogP contribution in [0.2, 0.25) is 0 Å². The van der Waals surface area contributed by atoms with Crippen molar-refractivity contribution in [1.29, 1.82) is 0 Å². The standard InChI is InChI=1S/C23H29F3N4O4.C7H8/c1-30(11-4-8-23(24,25)26)22(33)17-13-19(29-20(31)14-17)21(32)28-10-5-9-27-15-16-6-3-7-18(12-16)34-2;1-7-5-3-2-4-6-7/h3,6-7,12-14,27H,4-5,8-11,15H2,1-2H3,(H,28,32)(H,29,31);2-6H,1H3. The van der Waals surface area contributed by atoms with Gasteiger partial charge in [-0.05, 0) is 50.1 Å². The highest BCUT2D eigenvalue weighted by molar-refractivity contribution is 5.98. The van der Waals surface area contributed by atoms with E-state index in [9.17, 15) is 27.6 Å². The van der Waals surface area contributed by atoms with Crippen molar-refractivity contribution in [2.75, 3.05) is 33.8 Å². The molecule has 0 radical (unpaired) electrons. The van der Waals surface area contributed by atoms with E-state index in [-0.39, 0.29) is 24.2 Å². The molecule has 8 nitrogen and oxygen atoms in total. The van der Waals surface area contributed by atoms with E-state index in [1.807, 2.05) is 42.5 Å². The third-order valence-electron chi connectivity index (χ3n) is 5.86. The lowest BCUT2D eigenvalue weighted by molar-refractivity contribution is -0.135. The molecular weight excluding hydrogens is 537 g/mol. The van der Waals surface area contributed by atoms with Crippen molar-refractivity contribution in [3.63, 3.8) is 0 Å². The van der Waals surface area contributed by atoms with E-state index in [1.54, 1.807) is 7.11 Å². The molecule has 2 amide bonds. The van der Waals surface area contributed by atoms with E-state index in [1.165, 1.54) is 18.7 Å². The average molecular weight is 575 g/mol. The van der Waals surface area contributed by atoms with E-state index < -0.39 is 30.0 Å². The quantitative estimate of drug-likeness (QED) is 0.272. The number of H-pyrrole nitrogens is 1. The summed E-state index contributed by atoms with van der Waals surface area (Å²) in [4.78, 5) is 40.2. The summed E-state index contributed by atoms with van der Waals surface area (Å²) in [5, 5.41) is 5.92. The third kappa shape index (κ3) is 13.2. The molecule has 0 aliphatic carbocycles. The van der Waals surface area contributed by atoms with Crippen LogP contribution in [-0.4, -0.2) is 61.7 Å². The number of hydrogen-bond acceptors (Lipinski definition) is 5. The Morgan fingerprint density at radius 2 is 1.71 bits per heavy atom. The van der Waals surface area contributed by atoms with Gasteiger partial charge in [0.25, 0.3) is 11.8 Å². The van der Waals surface area contributed by atoms with Crippen molar-refractivity contribution < 1.29 is 27.5 Å². The highest BCUT2D eigenvalue weighted by atomic mass is 19.4. The SMILES string of the molecule is COc1cccc(CNCCCNC(=O)c2cc(C(=O)N(C)CCCC(F)(F)F)cc(=O)[nH]2)c1.Cc1ccccc1. The summed E-state index contributed by atoms with van der Waals surface area (Å²) in [5.41, 5.74) is 1.57. The fourth-order valence-corrected chi connectivity index (χ4v) is 3.69. The predicted molar refractivity (Wildman–Crippen MR) is 152 cm³/mol. The summed E-state index contributed by atoms with van der Waals surface area (Å²) in [7, 11) is 2.95. The molecule has 3 N–H and O–H groups in total. The van der Waals surface area contributed by atoms with Gasteiger partial charge in [-0.15, -0.1) is 0 Å². The molecule has 0 atom stereocenters. The van der Waals surface area contributed by atoms with E-state index in [4.69, 9.17) is 4.74 Å². The van der Waals surface area contributed by atoms with Crippen molar-refractivity contribution in [1.82, 2.24) is 20.5 Å². The zero-order valence-electron chi connectivity index (χ0n) is 23.5. The number of methoxy groups -OCH3 is 1. The van der Waals surface area contributed by atoms with Crippen molar-refractivity contribution >= 4 is 11.8 Å². The number of amides is 2. The third-order valence-corrected chi connectivity index (χ3v) is 5.86. The van der Waals surface area contributed by atoms with Crippen LogP contribution < -0.4 is 20.9 Å². The monoisotopic (exact) mass is 574 g/mol. The van der Waals surface area contributed by atoms with Crippen LogP contribution >= 0.6 is 0 Å². The minimum atomic E-state index is -4.30. The number of aromatic amines is 1. The first-order valence-electron chi connectivity index (χ1n) is 13.2. The molecule has 0 fully saturated rings. The van der Waals surface area contributed by atoms with Gasteiger partial charge in [0.05, 0.1) is 7.11 Å². The number of halogens is 3. The number of alkyl halides is 3. The van der Waals surface area contributed by atoms with E-state index >= 15 is 0 Å². The Morgan fingerprint density at radius 3 is 2.34 bits per heavy atom. The van der Waals surface area contributed by atoms with Crippen molar-refractivity contribution in [2.45, 2.75) is 38.9 Å². The van der Waals surface area contributed by atoms with Crippen LogP contribution in [-0.2, 0) is 6.54 Å². The molecule has 0 aliphatic rings. The van der Waals surface area contributed by atoms with Crippen LogP contribution in [0.1, 0.15) is 51.2 Å². The molecule has 0 aliphatic heterocycles. The number of pyridine rings is 1. The summed E-state index contributed by atoms with van der Waals surface area (Å²) >= 11 is 0. The summed E-state index contributed by atoms with van der Waals surface area (Å²) in [6.07, 6.45) is -4.94. The molecule has 3 aromatic rings. The normalized spacial score (nSPS) is 10.8. The number of aryl methyl sites for hydroxylation is 1. The zero-order chi connectivity index (χ0) is 30.3. The number of benzene rings is 2. The van der Waals surface area contributed by atoms with E-state index in [0.29, 0.717) is 26.1 Å². The van der Waals surface area contributed by atoms with Crippen molar-refractivity contribution in [3.05, 3.63) is 99.5 Å². The lowest BCUT2D eigenvalue weighted by atomic mass is 10.2. The van der Waals surface area contributed by atoms with E-state index in [2.05, 4.69) is 34.7 Å². The summed E-state index contributed by atoms with van der Waals surface area (Å²) in [5.74, 6) is -0.419. The molecule has 41 heavy (non-hydrogen) atoms. The van der Waals surface area contributed by atoms with Gasteiger partial charge in [0.15, 0.2) is 0 Å². The van der Waals surface area contributed by atoms with Crippen LogP contribution in [0.3, 0.4) is 0 Å². The lowest BCUT2D eigenvalue weighted by Gasteiger charge is -2.18. The van der Waals surface area contributed by atoms with Crippen LogP contribution in [0.15, 0.2) is 71.5 Å². The highest BCUT2D eigenvalue weighted by Crippen LogP contribution is 2.21. The minimum absolute atomic E-state index is 0.0663. The maximum absolute atomic E-state index is 12.5. The molecular formula is C30H37F3N4O4. The number of rotatable bonds is 12. The second-order valence-corrected chi connectivity index (χ2v) is 9.38. The highest BCUT2D eigenvalue weighted by Gasteiger charge is 2.27. The maximum Gasteiger partial charge on any atom is 0.389 e. The molecule has 3 rings (SSSR count). The Labute approximate surface area is 237 Å². The molecule has 11 heteroatoms. The molecule has 0 bridgehead atoms. The van der Waals surface area contributed by atoms with Gasteiger partial charge in [-0.25, -0.2) is 0 Å². The molecule has 222 valence electrons. The number of nitrogens with zero attached hydrogens (tertiary/aromatic N) is 1. The molecule has 2 aromatic carbocycles. The Hall–Kier alpha value is -4.12. The Kier molecular flexibility index (Phi) is 13.6. The number of carbonyl (C=O) groups is 2. The van der Waals surface area contributed by atoms with Gasteiger partial charge in [-0.2, -0.15) is 13.2 Å². The van der Waals surface area contributed by atoms with Gasteiger partial charge in [0, 0.05) is 44.7 Å². The lowest BCUT2D eigenvalue weighted by Crippen LogP contribution is -2.32. The first kappa shape index (κ1) is 33.1. The maximum atomic E-state index is 12.5. The smallest absolute Gasteiger partial charge is 0.389 e. The van der Waals surface area contributed by atoms with Gasteiger partial charge in [0.2, 0.25) is 5.56 Å². The summed E-state index contributed by atoms with van der Waals surface area (Å²) < 4.78 is 42.1. The van der Waals surface area contributed by atoms with Gasteiger partial charge in [0.1, 0.15) is 11.4 Å². The molecule has 0 saturated carbocycles. The Balaban J connectivity index is 0.000000729. The van der Waals surface area contributed by atoms with Crippen LogP contribution in [0, 0.1) is 6.92 Å². The fourth-order valence-electron chi connectivity index (χ4n) is 3.69. The number of hydrogen-bond donors (Lipinski definition) is 3. The summed E-state index contributed by atoms with van der Waals surface area (Å²) in [6.45, 7) is 3.56. The van der Waals surface area contributed by atoms with Crippen molar-refractivity contribution in [2.24, 2.45) is 0 Å². The Morgan fingerprint density at radius 1 is 0.976 bits per heavy atom. The fraction of sp³-hybridized carbons (Fsp3) is 0.367. The van der Waals surface area contributed by atoms with Crippen LogP contribution in [0.4, 0.5) is 13.2 Å².